The van der Waals surface area contributed by atoms with Crippen LogP contribution < -0.4 is 5.32 Å². The van der Waals surface area contributed by atoms with Crippen LogP contribution in [0.4, 0.5) is 4.39 Å². The maximum atomic E-state index is 12.7. The molecule has 1 aliphatic rings. The Kier molecular flexibility index (Phi) is 5.27. The van der Waals surface area contributed by atoms with E-state index in [1.807, 2.05) is 0 Å². The van der Waals surface area contributed by atoms with Crippen molar-refractivity contribution in [2.75, 3.05) is 19.6 Å². The van der Waals surface area contributed by atoms with Crippen LogP contribution >= 0.6 is 0 Å². The number of nitrogens with zero attached hydrogens (tertiary/aromatic N) is 1. The van der Waals surface area contributed by atoms with E-state index >= 15 is 0 Å². The van der Waals surface area contributed by atoms with E-state index in [4.69, 9.17) is 5.11 Å². The highest BCUT2D eigenvalue weighted by molar-refractivity contribution is 5.79. The standard InChI is InChI=1S/C15H19FN2O3/c16-12-3-1-11(2-4-12)7-8-17-14(19)9-18(10-15(20)21)13-5-6-13/h1-4,13H,5-10H2,(H,17,19)(H,20,21). The second kappa shape index (κ2) is 7.17. The molecule has 114 valence electrons. The molecule has 0 aliphatic heterocycles. The molecule has 21 heavy (non-hydrogen) atoms. The van der Waals surface area contributed by atoms with Gasteiger partial charge in [0, 0.05) is 12.6 Å². The van der Waals surface area contributed by atoms with Gasteiger partial charge in [0.05, 0.1) is 13.1 Å². The predicted molar refractivity (Wildman–Crippen MR) is 75.3 cm³/mol. The van der Waals surface area contributed by atoms with Crippen molar-refractivity contribution in [3.8, 4) is 0 Å². The Hall–Kier alpha value is -1.95. The molecule has 0 spiro atoms. The minimum atomic E-state index is -0.916. The van der Waals surface area contributed by atoms with Crippen molar-refractivity contribution < 1.29 is 19.1 Å². The van der Waals surface area contributed by atoms with Crippen molar-refractivity contribution >= 4 is 11.9 Å². The van der Waals surface area contributed by atoms with Crippen molar-refractivity contribution in [3.63, 3.8) is 0 Å². The number of aliphatic carboxylic acids is 1. The minimum absolute atomic E-state index is 0.101. The van der Waals surface area contributed by atoms with Gasteiger partial charge in [-0.05, 0) is 37.0 Å². The molecular formula is C15H19FN2O3. The number of rotatable bonds is 8. The highest BCUT2D eigenvalue weighted by Gasteiger charge is 2.31. The van der Waals surface area contributed by atoms with Gasteiger partial charge >= 0.3 is 5.97 Å². The molecule has 1 amide bonds. The normalized spacial score (nSPS) is 14.2. The Morgan fingerprint density at radius 2 is 1.90 bits per heavy atom. The smallest absolute Gasteiger partial charge is 0.317 e. The molecule has 2 N–H and O–H groups in total. The van der Waals surface area contributed by atoms with Gasteiger partial charge in [0.2, 0.25) is 5.91 Å². The van der Waals surface area contributed by atoms with Crippen molar-refractivity contribution in [1.82, 2.24) is 10.2 Å². The Balaban J connectivity index is 1.71. The van der Waals surface area contributed by atoms with Crippen LogP contribution in [0.1, 0.15) is 18.4 Å². The van der Waals surface area contributed by atoms with Gasteiger partial charge in [-0.15, -0.1) is 0 Å². The Morgan fingerprint density at radius 3 is 2.48 bits per heavy atom. The maximum Gasteiger partial charge on any atom is 0.317 e. The largest absolute Gasteiger partial charge is 0.480 e. The number of halogens is 1. The van der Waals surface area contributed by atoms with Crippen molar-refractivity contribution in [2.45, 2.75) is 25.3 Å². The molecule has 5 nitrogen and oxygen atoms in total. The van der Waals surface area contributed by atoms with Crippen LogP contribution in [0.3, 0.4) is 0 Å². The first-order chi connectivity index (χ1) is 10.0. The molecule has 2 rings (SSSR count). The van der Waals surface area contributed by atoms with Crippen LogP contribution in [-0.4, -0.2) is 47.6 Å². The van der Waals surface area contributed by atoms with E-state index in [1.54, 1.807) is 17.0 Å². The minimum Gasteiger partial charge on any atom is -0.480 e. The lowest BCUT2D eigenvalue weighted by Gasteiger charge is -2.18. The number of benzene rings is 1. The summed E-state index contributed by atoms with van der Waals surface area (Å²) in [6, 6.07) is 6.37. The lowest BCUT2D eigenvalue weighted by Crippen LogP contribution is -2.41. The predicted octanol–water partition coefficient (Wildman–Crippen LogP) is 1.03. The van der Waals surface area contributed by atoms with Gasteiger partial charge in [-0.3, -0.25) is 14.5 Å². The number of carboxylic acid groups (broad SMARTS) is 1. The summed E-state index contributed by atoms with van der Waals surface area (Å²) in [4.78, 5) is 24.2. The van der Waals surface area contributed by atoms with E-state index in [2.05, 4.69) is 5.32 Å². The second-order valence-electron chi connectivity index (χ2n) is 5.26. The highest BCUT2D eigenvalue weighted by Crippen LogP contribution is 2.26. The van der Waals surface area contributed by atoms with Crippen molar-refractivity contribution in [2.24, 2.45) is 0 Å². The first-order valence-corrected chi connectivity index (χ1v) is 7.01. The number of nitrogens with one attached hydrogen (secondary N) is 1. The quantitative estimate of drug-likeness (QED) is 0.751. The molecule has 1 aromatic carbocycles. The third kappa shape index (κ3) is 5.51. The van der Waals surface area contributed by atoms with Crippen LogP contribution in [0.5, 0.6) is 0 Å². The van der Waals surface area contributed by atoms with E-state index in [-0.39, 0.29) is 30.9 Å². The molecule has 0 bridgehead atoms. The van der Waals surface area contributed by atoms with Crippen LogP contribution in [0.25, 0.3) is 0 Å². The lowest BCUT2D eigenvalue weighted by atomic mass is 10.1. The fourth-order valence-electron chi connectivity index (χ4n) is 2.17. The molecule has 0 heterocycles. The zero-order valence-electron chi connectivity index (χ0n) is 11.7. The summed E-state index contributed by atoms with van der Waals surface area (Å²) in [6.07, 6.45) is 2.53. The van der Waals surface area contributed by atoms with E-state index in [9.17, 15) is 14.0 Å². The summed E-state index contributed by atoms with van der Waals surface area (Å²) in [7, 11) is 0. The van der Waals surface area contributed by atoms with Crippen LogP contribution in [0.15, 0.2) is 24.3 Å². The highest BCUT2D eigenvalue weighted by atomic mass is 19.1. The molecule has 6 heteroatoms. The number of hydrogen-bond acceptors (Lipinski definition) is 3. The molecule has 0 aromatic heterocycles. The summed E-state index contributed by atoms with van der Waals surface area (Å²) in [5.74, 6) is -1.37. The zero-order valence-corrected chi connectivity index (χ0v) is 11.7. The van der Waals surface area contributed by atoms with Crippen LogP contribution in [-0.2, 0) is 16.0 Å². The Morgan fingerprint density at radius 1 is 1.24 bits per heavy atom. The summed E-state index contributed by atoms with van der Waals surface area (Å²) >= 11 is 0. The number of amides is 1. The molecule has 1 aliphatic carbocycles. The molecule has 0 saturated heterocycles. The fraction of sp³-hybridized carbons (Fsp3) is 0.467. The Bertz CT molecular complexity index is 500. The number of hydrogen-bond donors (Lipinski definition) is 2. The summed E-state index contributed by atoms with van der Waals surface area (Å²) in [5, 5.41) is 11.6. The van der Waals surface area contributed by atoms with E-state index in [1.165, 1.54) is 12.1 Å². The number of carboxylic acids is 1. The molecule has 1 saturated carbocycles. The second-order valence-corrected chi connectivity index (χ2v) is 5.26. The van der Waals surface area contributed by atoms with Gasteiger partial charge in [0.1, 0.15) is 5.82 Å². The number of carbonyl (C=O) groups excluding carboxylic acids is 1. The molecule has 0 unspecified atom stereocenters. The van der Waals surface area contributed by atoms with Gasteiger partial charge in [-0.1, -0.05) is 12.1 Å². The van der Waals surface area contributed by atoms with E-state index < -0.39 is 5.97 Å². The van der Waals surface area contributed by atoms with Crippen molar-refractivity contribution in [3.05, 3.63) is 35.6 Å². The molecule has 0 radical (unpaired) electrons. The SMILES string of the molecule is O=C(O)CN(CC(=O)NCCc1ccc(F)cc1)C1CC1. The molecule has 1 aromatic rings. The van der Waals surface area contributed by atoms with Crippen LogP contribution in [0, 0.1) is 5.82 Å². The fourth-order valence-corrected chi connectivity index (χ4v) is 2.17. The van der Waals surface area contributed by atoms with Crippen LogP contribution in [0.2, 0.25) is 0 Å². The van der Waals surface area contributed by atoms with E-state index in [0.29, 0.717) is 13.0 Å². The molecule has 1 fully saturated rings. The number of carbonyl (C=O) groups is 2. The third-order valence-corrected chi connectivity index (χ3v) is 3.40. The topological polar surface area (TPSA) is 69.6 Å². The van der Waals surface area contributed by atoms with Gasteiger partial charge < -0.3 is 10.4 Å². The van der Waals surface area contributed by atoms with Gasteiger partial charge in [0.15, 0.2) is 0 Å². The van der Waals surface area contributed by atoms with Gasteiger partial charge in [0.25, 0.3) is 0 Å². The maximum absolute atomic E-state index is 12.7. The van der Waals surface area contributed by atoms with E-state index in [0.717, 1.165) is 18.4 Å². The summed E-state index contributed by atoms with van der Waals surface area (Å²) < 4.78 is 12.7. The summed E-state index contributed by atoms with van der Waals surface area (Å²) in [5.41, 5.74) is 0.946. The molecule has 0 atom stereocenters. The first kappa shape index (κ1) is 15.4. The van der Waals surface area contributed by atoms with Gasteiger partial charge in [-0.25, -0.2) is 4.39 Å². The third-order valence-electron chi connectivity index (χ3n) is 3.40. The van der Waals surface area contributed by atoms with Gasteiger partial charge in [-0.2, -0.15) is 0 Å². The summed E-state index contributed by atoms with van der Waals surface area (Å²) in [6.45, 7) is 0.465. The lowest BCUT2D eigenvalue weighted by molar-refractivity contribution is -0.138. The zero-order chi connectivity index (χ0) is 15.2. The van der Waals surface area contributed by atoms with Crippen molar-refractivity contribution in [1.29, 1.82) is 0 Å². The average molecular weight is 294 g/mol. The Labute approximate surface area is 122 Å². The first-order valence-electron chi connectivity index (χ1n) is 7.01. The molecular weight excluding hydrogens is 275 g/mol. The monoisotopic (exact) mass is 294 g/mol. The average Bonchev–Trinajstić information content (AvgIpc) is 3.24.